The topological polar surface area (TPSA) is 68.3 Å². The van der Waals surface area contributed by atoms with Crippen LogP contribution in [0, 0.1) is 5.82 Å². The van der Waals surface area contributed by atoms with Crippen molar-refractivity contribution in [2.75, 3.05) is 5.32 Å². The maximum absolute atomic E-state index is 13.0. The van der Waals surface area contributed by atoms with E-state index in [0.29, 0.717) is 23.3 Å². The molecule has 130 valence electrons. The third-order valence-corrected chi connectivity index (χ3v) is 3.61. The van der Waals surface area contributed by atoms with Crippen molar-refractivity contribution >= 4 is 17.9 Å². The van der Waals surface area contributed by atoms with Gasteiger partial charge in [-0.05, 0) is 48.0 Å². The van der Waals surface area contributed by atoms with Gasteiger partial charge in [0, 0.05) is 11.8 Å². The van der Waals surface area contributed by atoms with Crippen molar-refractivity contribution < 1.29 is 18.7 Å². The van der Waals surface area contributed by atoms with E-state index in [1.807, 2.05) is 0 Å². The number of aromatic nitrogens is 1. The van der Waals surface area contributed by atoms with Gasteiger partial charge in [-0.25, -0.2) is 4.39 Å². The number of nitrogens with zero attached hydrogens (tertiary/aromatic N) is 1. The highest BCUT2D eigenvalue weighted by Crippen LogP contribution is 2.22. The molecule has 0 saturated heterocycles. The molecule has 0 aliphatic heterocycles. The van der Waals surface area contributed by atoms with E-state index in [0.717, 1.165) is 5.56 Å². The number of aldehydes is 1. The number of amides is 1. The van der Waals surface area contributed by atoms with Crippen LogP contribution in [0.15, 0.2) is 67.0 Å². The number of benzene rings is 2. The minimum absolute atomic E-state index is 0.161. The minimum Gasteiger partial charge on any atom is -0.488 e. The lowest BCUT2D eigenvalue weighted by molar-refractivity contribution is 0.102. The quantitative estimate of drug-likeness (QED) is 0.686. The van der Waals surface area contributed by atoms with E-state index in [4.69, 9.17) is 4.74 Å². The van der Waals surface area contributed by atoms with Gasteiger partial charge < -0.3 is 10.1 Å². The van der Waals surface area contributed by atoms with Crippen molar-refractivity contribution in [3.8, 4) is 5.75 Å². The van der Waals surface area contributed by atoms with Crippen molar-refractivity contribution in [1.82, 2.24) is 4.98 Å². The summed E-state index contributed by atoms with van der Waals surface area (Å²) < 4.78 is 18.7. The van der Waals surface area contributed by atoms with Crippen LogP contribution in [0.3, 0.4) is 0 Å². The summed E-state index contributed by atoms with van der Waals surface area (Å²) in [5.74, 6) is -0.433. The highest BCUT2D eigenvalue weighted by molar-refractivity contribution is 6.06. The Morgan fingerprint density at radius 3 is 2.65 bits per heavy atom. The summed E-state index contributed by atoms with van der Waals surface area (Å²) in [4.78, 5) is 27.6. The van der Waals surface area contributed by atoms with Gasteiger partial charge in [-0.15, -0.1) is 0 Å². The molecule has 0 bridgehead atoms. The number of halogens is 1. The number of carbonyl (C=O) groups excluding carboxylic acids is 2. The van der Waals surface area contributed by atoms with Gasteiger partial charge in [0.2, 0.25) is 0 Å². The molecule has 0 fully saturated rings. The van der Waals surface area contributed by atoms with Crippen LogP contribution in [-0.4, -0.2) is 17.2 Å². The van der Waals surface area contributed by atoms with E-state index in [2.05, 4.69) is 10.3 Å². The molecule has 3 aromatic rings. The Balaban J connectivity index is 1.81. The first-order valence-electron chi connectivity index (χ1n) is 7.83. The molecule has 2 aromatic carbocycles. The Bertz CT molecular complexity index is 912. The fourth-order valence-electron chi connectivity index (χ4n) is 2.30. The molecular weight excluding hydrogens is 335 g/mol. The standard InChI is InChI=1S/C20H15FN2O3/c21-16-6-3-14(4-7-16)13-26-19-8-5-15(12-24)10-18(19)20(25)23-17-2-1-9-22-11-17/h1-12H,13H2,(H,23,25). The number of hydrogen-bond donors (Lipinski definition) is 1. The molecule has 5 nitrogen and oxygen atoms in total. The predicted octanol–water partition coefficient (Wildman–Crippen LogP) is 3.86. The smallest absolute Gasteiger partial charge is 0.259 e. The first-order chi connectivity index (χ1) is 12.7. The summed E-state index contributed by atoms with van der Waals surface area (Å²) >= 11 is 0. The van der Waals surface area contributed by atoms with Crippen LogP contribution in [0.25, 0.3) is 0 Å². The van der Waals surface area contributed by atoms with Crippen LogP contribution in [0.2, 0.25) is 0 Å². The summed E-state index contributed by atoms with van der Waals surface area (Å²) in [6.45, 7) is 0.161. The largest absolute Gasteiger partial charge is 0.488 e. The van der Waals surface area contributed by atoms with Crippen LogP contribution >= 0.6 is 0 Å². The number of rotatable bonds is 6. The van der Waals surface area contributed by atoms with E-state index < -0.39 is 5.91 Å². The highest BCUT2D eigenvalue weighted by Gasteiger charge is 2.14. The molecule has 0 atom stereocenters. The van der Waals surface area contributed by atoms with E-state index in [9.17, 15) is 14.0 Å². The predicted molar refractivity (Wildman–Crippen MR) is 94.8 cm³/mol. The molecule has 1 amide bonds. The van der Waals surface area contributed by atoms with Crippen LogP contribution in [0.5, 0.6) is 5.75 Å². The molecule has 0 aliphatic carbocycles. The van der Waals surface area contributed by atoms with E-state index in [1.54, 1.807) is 42.6 Å². The minimum atomic E-state index is -0.421. The summed E-state index contributed by atoms with van der Waals surface area (Å²) in [5, 5.41) is 2.71. The van der Waals surface area contributed by atoms with Gasteiger partial charge >= 0.3 is 0 Å². The Morgan fingerprint density at radius 2 is 1.96 bits per heavy atom. The lowest BCUT2D eigenvalue weighted by atomic mass is 10.1. The van der Waals surface area contributed by atoms with E-state index >= 15 is 0 Å². The van der Waals surface area contributed by atoms with Crippen LogP contribution in [-0.2, 0) is 6.61 Å². The number of hydrogen-bond acceptors (Lipinski definition) is 4. The monoisotopic (exact) mass is 350 g/mol. The van der Waals surface area contributed by atoms with Gasteiger partial charge in [0.1, 0.15) is 24.5 Å². The van der Waals surface area contributed by atoms with Gasteiger partial charge in [0.15, 0.2) is 0 Å². The maximum atomic E-state index is 13.0. The molecule has 6 heteroatoms. The third-order valence-electron chi connectivity index (χ3n) is 3.61. The number of carbonyl (C=O) groups is 2. The fraction of sp³-hybridized carbons (Fsp3) is 0.0500. The van der Waals surface area contributed by atoms with Crippen molar-refractivity contribution in [2.24, 2.45) is 0 Å². The summed E-state index contributed by atoms with van der Waals surface area (Å²) in [7, 11) is 0. The molecule has 3 rings (SSSR count). The zero-order valence-corrected chi connectivity index (χ0v) is 13.7. The SMILES string of the molecule is O=Cc1ccc(OCc2ccc(F)cc2)c(C(=O)Nc2cccnc2)c1. The molecule has 0 saturated carbocycles. The molecule has 1 N–H and O–H groups in total. The van der Waals surface area contributed by atoms with Crippen LogP contribution in [0.1, 0.15) is 26.3 Å². The Labute approximate surface area is 149 Å². The second kappa shape index (κ2) is 8.02. The van der Waals surface area contributed by atoms with Crippen molar-refractivity contribution in [3.63, 3.8) is 0 Å². The Morgan fingerprint density at radius 1 is 1.15 bits per heavy atom. The summed E-state index contributed by atoms with van der Waals surface area (Å²) in [6.07, 6.45) is 3.77. The third kappa shape index (κ3) is 4.30. The van der Waals surface area contributed by atoms with E-state index in [1.165, 1.54) is 24.4 Å². The maximum Gasteiger partial charge on any atom is 0.259 e. The molecule has 0 unspecified atom stereocenters. The summed E-state index contributed by atoms with van der Waals surface area (Å²) in [6, 6.07) is 13.9. The van der Waals surface area contributed by atoms with Gasteiger partial charge in [-0.3, -0.25) is 14.6 Å². The average Bonchev–Trinajstić information content (AvgIpc) is 2.68. The number of ether oxygens (including phenoxy) is 1. The highest BCUT2D eigenvalue weighted by atomic mass is 19.1. The number of pyridine rings is 1. The van der Waals surface area contributed by atoms with Crippen LogP contribution in [0.4, 0.5) is 10.1 Å². The zero-order chi connectivity index (χ0) is 18.4. The fourth-order valence-corrected chi connectivity index (χ4v) is 2.30. The average molecular weight is 350 g/mol. The van der Waals surface area contributed by atoms with Crippen molar-refractivity contribution in [1.29, 1.82) is 0 Å². The van der Waals surface area contributed by atoms with E-state index in [-0.39, 0.29) is 18.0 Å². The van der Waals surface area contributed by atoms with Gasteiger partial charge in [-0.2, -0.15) is 0 Å². The molecule has 0 aliphatic rings. The first-order valence-corrected chi connectivity index (χ1v) is 7.83. The second-order valence-electron chi connectivity index (χ2n) is 5.48. The van der Waals surface area contributed by atoms with Crippen molar-refractivity contribution in [2.45, 2.75) is 6.61 Å². The molecular formula is C20H15FN2O3. The molecule has 1 aromatic heterocycles. The van der Waals surface area contributed by atoms with Gasteiger partial charge in [0.25, 0.3) is 5.91 Å². The van der Waals surface area contributed by atoms with Gasteiger partial charge in [0.05, 0.1) is 17.4 Å². The molecule has 0 radical (unpaired) electrons. The molecule has 26 heavy (non-hydrogen) atoms. The lowest BCUT2D eigenvalue weighted by Gasteiger charge is -2.12. The Hall–Kier alpha value is -3.54. The zero-order valence-electron chi connectivity index (χ0n) is 13.7. The molecule has 1 heterocycles. The number of nitrogens with one attached hydrogen (secondary N) is 1. The molecule has 0 spiro atoms. The van der Waals surface area contributed by atoms with Crippen LogP contribution < -0.4 is 10.1 Å². The first kappa shape index (κ1) is 17.3. The van der Waals surface area contributed by atoms with Gasteiger partial charge in [-0.1, -0.05) is 12.1 Å². The Kier molecular flexibility index (Phi) is 5.34. The second-order valence-corrected chi connectivity index (χ2v) is 5.48. The summed E-state index contributed by atoms with van der Waals surface area (Å²) in [5.41, 5.74) is 1.86. The number of anilines is 1. The lowest BCUT2D eigenvalue weighted by Crippen LogP contribution is -2.14. The normalized spacial score (nSPS) is 10.2. The van der Waals surface area contributed by atoms with Crippen molar-refractivity contribution in [3.05, 3.63) is 89.5 Å².